The van der Waals surface area contributed by atoms with Crippen LogP contribution in [0.2, 0.25) is 0 Å². The topological polar surface area (TPSA) is 72.6 Å². The molecule has 1 amide bonds. The number of esters is 1. The molecule has 2 unspecified atom stereocenters. The molecule has 0 aromatic rings. The van der Waals surface area contributed by atoms with Gasteiger partial charge in [-0.1, -0.05) is 6.08 Å². The molecule has 2 heterocycles. The Morgan fingerprint density at radius 3 is 3.12 bits per heavy atom. The lowest BCUT2D eigenvalue weighted by Crippen LogP contribution is -2.71. The van der Waals surface area contributed by atoms with Crippen molar-refractivity contribution in [2.24, 2.45) is 11.1 Å². The third-order valence-electron chi connectivity index (χ3n) is 3.22. The molecule has 0 bridgehead atoms. The minimum absolute atomic E-state index is 0.00463. The average Bonchev–Trinajstić information content (AvgIpc) is 2.37. The summed E-state index contributed by atoms with van der Waals surface area (Å²) in [5, 5.41) is 0.00463. The van der Waals surface area contributed by atoms with E-state index in [0.29, 0.717) is 18.9 Å². The van der Waals surface area contributed by atoms with Crippen molar-refractivity contribution in [1.82, 2.24) is 4.90 Å². The van der Waals surface area contributed by atoms with Crippen LogP contribution in [0.25, 0.3) is 0 Å². The lowest BCUT2D eigenvalue weighted by Gasteiger charge is -2.52. The van der Waals surface area contributed by atoms with Crippen molar-refractivity contribution >= 4 is 23.6 Å². The monoisotopic (exact) mass is 256 g/mol. The first kappa shape index (κ1) is 12.4. The number of amides is 1. The predicted octanol–water partition coefficient (Wildman–Crippen LogP) is -0.0357. The van der Waals surface area contributed by atoms with E-state index in [1.54, 1.807) is 17.9 Å². The van der Waals surface area contributed by atoms with E-state index in [1.807, 2.05) is 0 Å². The zero-order valence-electron chi connectivity index (χ0n) is 9.72. The molecular weight excluding hydrogens is 240 g/mol. The maximum atomic E-state index is 11.9. The first-order chi connectivity index (χ1) is 8.05. The average molecular weight is 256 g/mol. The summed E-state index contributed by atoms with van der Waals surface area (Å²) in [5.74, 6) is 0.157. The van der Waals surface area contributed by atoms with Crippen molar-refractivity contribution in [1.29, 1.82) is 0 Å². The number of hydrogen-bond donors (Lipinski definition) is 1. The molecular formula is C11H16N2O3S. The summed E-state index contributed by atoms with van der Waals surface area (Å²) in [6, 6.07) is -0.426. The largest absolute Gasteiger partial charge is 0.465 e. The Hall–Kier alpha value is -1.01. The number of carbonyl (C=O) groups is 2. The first-order valence-electron chi connectivity index (χ1n) is 5.54. The van der Waals surface area contributed by atoms with Gasteiger partial charge in [0, 0.05) is 12.3 Å². The standard InChI is InChI=1S/C11H16N2O3S/c1-3-11(10(15)16-4-2)5-13-8(14)7(12)9(13)17-6-11/h3,7,9H,1,4-6,12H2,2H3/t7?,9-,11?/m1/s1. The Balaban J connectivity index is 2.14. The molecule has 2 saturated heterocycles. The molecule has 2 N–H and O–H groups in total. The number of ether oxygens (including phenoxy) is 1. The van der Waals surface area contributed by atoms with Crippen molar-refractivity contribution < 1.29 is 14.3 Å². The van der Waals surface area contributed by atoms with E-state index in [0.717, 1.165) is 0 Å². The Morgan fingerprint density at radius 1 is 1.82 bits per heavy atom. The summed E-state index contributed by atoms with van der Waals surface area (Å²) >= 11 is 1.52. The van der Waals surface area contributed by atoms with Gasteiger partial charge in [0.2, 0.25) is 5.91 Å². The van der Waals surface area contributed by atoms with Gasteiger partial charge in [-0.15, -0.1) is 18.3 Å². The molecule has 17 heavy (non-hydrogen) atoms. The van der Waals surface area contributed by atoms with Crippen molar-refractivity contribution in [3.8, 4) is 0 Å². The summed E-state index contributed by atoms with van der Waals surface area (Å²) in [4.78, 5) is 25.2. The molecule has 0 aromatic carbocycles. The molecule has 0 radical (unpaired) electrons. The minimum Gasteiger partial charge on any atom is -0.465 e. The van der Waals surface area contributed by atoms with E-state index in [1.165, 1.54) is 11.8 Å². The number of fused-ring (bicyclic) bond motifs is 1. The molecule has 94 valence electrons. The highest BCUT2D eigenvalue weighted by molar-refractivity contribution is 8.00. The van der Waals surface area contributed by atoms with Gasteiger partial charge in [0.05, 0.1) is 6.61 Å². The Kier molecular flexibility index (Phi) is 3.18. The van der Waals surface area contributed by atoms with E-state index in [2.05, 4.69) is 6.58 Å². The number of β-lactam (4-membered cyclic amide) rings is 1. The van der Waals surface area contributed by atoms with Gasteiger partial charge in [-0.2, -0.15) is 0 Å². The lowest BCUT2D eigenvalue weighted by molar-refractivity contribution is -0.157. The molecule has 2 fully saturated rings. The van der Waals surface area contributed by atoms with Gasteiger partial charge < -0.3 is 15.4 Å². The van der Waals surface area contributed by atoms with Crippen molar-refractivity contribution in [2.75, 3.05) is 18.9 Å². The van der Waals surface area contributed by atoms with Crippen LogP contribution in [0, 0.1) is 5.41 Å². The molecule has 0 aromatic heterocycles. The second kappa shape index (κ2) is 4.34. The van der Waals surface area contributed by atoms with Crippen LogP contribution in [0.3, 0.4) is 0 Å². The normalized spacial score (nSPS) is 35.9. The lowest BCUT2D eigenvalue weighted by atomic mass is 9.87. The van der Waals surface area contributed by atoms with E-state index in [-0.39, 0.29) is 17.3 Å². The van der Waals surface area contributed by atoms with Crippen LogP contribution in [0.5, 0.6) is 0 Å². The zero-order valence-corrected chi connectivity index (χ0v) is 10.5. The van der Waals surface area contributed by atoms with E-state index in [4.69, 9.17) is 10.5 Å². The number of nitrogens with two attached hydrogens (primary N) is 1. The minimum atomic E-state index is -0.785. The Bertz CT molecular complexity index is 374. The molecule has 0 saturated carbocycles. The fraction of sp³-hybridized carbons (Fsp3) is 0.636. The highest BCUT2D eigenvalue weighted by Gasteiger charge is 2.55. The van der Waals surface area contributed by atoms with E-state index < -0.39 is 11.5 Å². The fourth-order valence-electron chi connectivity index (χ4n) is 2.10. The van der Waals surface area contributed by atoms with Crippen molar-refractivity contribution in [3.05, 3.63) is 12.7 Å². The number of rotatable bonds is 3. The second-order valence-corrected chi connectivity index (χ2v) is 5.38. The quantitative estimate of drug-likeness (QED) is 0.436. The van der Waals surface area contributed by atoms with Crippen LogP contribution in [0.15, 0.2) is 12.7 Å². The molecule has 2 aliphatic rings. The molecule has 2 rings (SSSR count). The number of nitrogens with zero attached hydrogens (tertiary/aromatic N) is 1. The second-order valence-electron chi connectivity index (χ2n) is 4.27. The third kappa shape index (κ3) is 1.75. The van der Waals surface area contributed by atoms with Crippen molar-refractivity contribution in [2.45, 2.75) is 18.3 Å². The fourth-order valence-corrected chi connectivity index (χ4v) is 3.58. The van der Waals surface area contributed by atoms with Crippen LogP contribution in [-0.4, -0.2) is 47.1 Å². The van der Waals surface area contributed by atoms with Gasteiger partial charge in [-0.05, 0) is 6.92 Å². The molecule has 5 nitrogen and oxygen atoms in total. The highest BCUT2D eigenvalue weighted by atomic mass is 32.2. The maximum absolute atomic E-state index is 11.9. The highest BCUT2D eigenvalue weighted by Crippen LogP contribution is 2.42. The first-order valence-corrected chi connectivity index (χ1v) is 6.59. The molecule has 0 aliphatic carbocycles. The van der Waals surface area contributed by atoms with Crippen LogP contribution in [-0.2, 0) is 14.3 Å². The van der Waals surface area contributed by atoms with Crippen LogP contribution < -0.4 is 5.73 Å². The zero-order chi connectivity index (χ0) is 12.6. The summed E-state index contributed by atoms with van der Waals surface area (Å²) in [6.07, 6.45) is 1.59. The Morgan fingerprint density at radius 2 is 2.53 bits per heavy atom. The molecule has 6 heteroatoms. The van der Waals surface area contributed by atoms with E-state index in [9.17, 15) is 9.59 Å². The smallest absolute Gasteiger partial charge is 0.318 e. The number of thioether (sulfide) groups is 1. The predicted molar refractivity (Wildman–Crippen MR) is 65.2 cm³/mol. The van der Waals surface area contributed by atoms with Gasteiger partial charge in [0.15, 0.2) is 0 Å². The molecule has 2 aliphatic heterocycles. The number of carbonyl (C=O) groups excluding carboxylic acids is 2. The maximum Gasteiger partial charge on any atom is 0.318 e. The summed E-state index contributed by atoms with van der Waals surface area (Å²) in [5.41, 5.74) is 4.90. The van der Waals surface area contributed by atoms with Crippen LogP contribution in [0.1, 0.15) is 6.92 Å². The summed E-state index contributed by atoms with van der Waals surface area (Å²) in [7, 11) is 0. The van der Waals surface area contributed by atoms with Gasteiger partial charge >= 0.3 is 5.97 Å². The van der Waals surface area contributed by atoms with Crippen molar-refractivity contribution in [3.63, 3.8) is 0 Å². The van der Waals surface area contributed by atoms with E-state index >= 15 is 0 Å². The van der Waals surface area contributed by atoms with Gasteiger partial charge in [-0.3, -0.25) is 9.59 Å². The van der Waals surface area contributed by atoms with Gasteiger partial charge in [0.25, 0.3) is 0 Å². The van der Waals surface area contributed by atoms with Crippen LogP contribution in [0.4, 0.5) is 0 Å². The molecule has 3 atom stereocenters. The Labute approximate surface area is 104 Å². The van der Waals surface area contributed by atoms with Crippen LogP contribution >= 0.6 is 11.8 Å². The SMILES string of the molecule is C=CC1(C(=O)OCC)CS[C@@H]2C(N)C(=O)N2C1. The summed E-state index contributed by atoms with van der Waals surface area (Å²) < 4.78 is 5.05. The van der Waals surface area contributed by atoms with Gasteiger partial charge in [-0.25, -0.2) is 0 Å². The van der Waals surface area contributed by atoms with Gasteiger partial charge in [0.1, 0.15) is 16.8 Å². The third-order valence-corrected chi connectivity index (χ3v) is 4.79. The molecule has 0 spiro atoms. The summed E-state index contributed by atoms with van der Waals surface area (Å²) in [6.45, 7) is 6.13. The number of hydrogen-bond acceptors (Lipinski definition) is 5.